The third-order valence-electron chi connectivity index (χ3n) is 1.86. The lowest BCUT2D eigenvalue weighted by molar-refractivity contribution is 0.478. The molecular weight excluding hydrogens is 215 g/mol. The van der Waals surface area contributed by atoms with E-state index < -0.39 is 12.4 Å². The van der Waals surface area contributed by atoms with Gasteiger partial charge in [-0.3, -0.25) is 4.68 Å². The van der Waals surface area contributed by atoms with E-state index in [4.69, 9.17) is 11.6 Å². The summed E-state index contributed by atoms with van der Waals surface area (Å²) < 4.78 is 37.7. The molecule has 0 atom stereocenters. The van der Waals surface area contributed by atoms with E-state index in [2.05, 4.69) is 11.7 Å². The summed E-state index contributed by atoms with van der Waals surface area (Å²) in [5, 5.41) is 4.06. The van der Waals surface area contributed by atoms with E-state index in [0.717, 1.165) is 0 Å². The molecule has 2 nitrogen and oxygen atoms in total. The molecule has 7 heteroatoms. The predicted molar refractivity (Wildman–Crippen MR) is 50.2 cm³/mol. The quantitative estimate of drug-likeness (QED) is 0.721. The van der Waals surface area contributed by atoms with E-state index in [1.54, 1.807) is 6.92 Å². The molecule has 0 radical (unpaired) electrons. The van der Waals surface area contributed by atoms with Gasteiger partial charge in [0.1, 0.15) is 0 Å². The van der Waals surface area contributed by atoms with E-state index in [1.807, 2.05) is 0 Å². The minimum atomic E-state index is -5.00. The van der Waals surface area contributed by atoms with E-state index in [1.165, 1.54) is 10.9 Å². The van der Waals surface area contributed by atoms with E-state index in [9.17, 15) is 12.9 Å². The molecule has 0 fully saturated rings. The van der Waals surface area contributed by atoms with Gasteiger partial charge >= 0.3 is 6.98 Å². The Labute approximate surface area is 84.4 Å². The van der Waals surface area contributed by atoms with Crippen LogP contribution in [-0.2, 0) is 6.54 Å². The molecular formula is C7H8BClF3N2-. The Morgan fingerprint density at radius 1 is 1.64 bits per heavy atom. The molecule has 0 aliphatic rings. The molecule has 14 heavy (non-hydrogen) atoms. The van der Waals surface area contributed by atoms with Crippen molar-refractivity contribution in [3.05, 3.63) is 29.0 Å². The number of aromatic nitrogens is 2. The Hall–Kier alpha value is -0.905. The van der Waals surface area contributed by atoms with Gasteiger partial charge in [-0.15, -0.1) is 12.1 Å². The van der Waals surface area contributed by atoms with Crippen molar-refractivity contribution in [3.63, 3.8) is 0 Å². The highest BCUT2D eigenvalue weighted by Gasteiger charge is 2.27. The highest BCUT2D eigenvalue weighted by Crippen LogP contribution is 2.21. The second-order valence-corrected chi connectivity index (χ2v) is 3.38. The van der Waals surface area contributed by atoms with Gasteiger partial charge in [0.25, 0.3) is 0 Å². The topological polar surface area (TPSA) is 17.8 Å². The average molecular weight is 223 g/mol. The van der Waals surface area contributed by atoms with Crippen LogP contribution in [0.15, 0.2) is 18.2 Å². The van der Waals surface area contributed by atoms with Crippen molar-refractivity contribution in [3.8, 4) is 0 Å². The van der Waals surface area contributed by atoms with Crippen LogP contribution < -0.4 is 0 Å². The lowest BCUT2D eigenvalue weighted by Gasteiger charge is -2.18. The standard InChI is InChI=1S/C7H8BClF3N2/c1-5(8(10,11)12)4-14-6(2)7(9)3-13-14/h3H,1,4H2,2H3/q-1. The molecule has 0 aliphatic heterocycles. The molecule has 0 bridgehead atoms. The number of allylic oxidation sites excluding steroid dienone is 1. The van der Waals surface area contributed by atoms with E-state index in [-0.39, 0.29) is 6.54 Å². The number of hydrogen-bond donors (Lipinski definition) is 0. The first-order valence-corrected chi connectivity index (χ1v) is 4.25. The SMILES string of the molecule is C=C(Cn1ncc(Cl)c1C)[B-](F)(F)F. The highest BCUT2D eigenvalue weighted by molar-refractivity contribution is 6.66. The summed E-state index contributed by atoms with van der Waals surface area (Å²) in [4.78, 5) is 0. The molecule has 1 aromatic rings. The monoisotopic (exact) mass is 223 g/mol. The first-order valence-electron chi connectivity index (χ1n) is 3.88. The fourth-order valence-electron chi connectivity index (χ4n) is 0.879. The molecule has 1 rings (SSSR count). The van der Waals surface area contributed by atoms with Crippen LogP contribution in [0.2, 0.25) is 5.02 Å². The fourth-order valence-corrected chi connectivity index (χ4v) is 1.02. The smallest absolute Gasteiger partial charge is 0.445 e. The first kappa shape index (κ1) is 11.2. The van der Waals surface area contributed by atoms with Crippen LogP contribution in [0.4, 0.5) is 12.9 Å². The summed E-state index contributed by atoms with van der Waals surface area (Å²) in [6, 6.07) is 0. The lowest BCUT2D eigenvalue weighted by atomic mass is 9.80. The van der Waals surface area contributed by atoms with Gasteiger partial charge in [0.2, 0.25) is 0 Å². The maximum atomic E-state index is 12.2. The summed E-state index contributed by atoms with van der Waals surface area (Å²) in [7, 11) is 0. The highest BCUT2D eigenvalue weighted by atomic mass is 35.5. The predicted octanol–water partition coefficient (Wildman–Crippen LogP) is 2.79. The van der Waals surface area contributed by atoms with Crippen molar-refractivity contribution in [1.29, 1.82) is 0 Å². The normalized spacial score (nSPS) is 11.8. The van der Waals surface area contributed by atoms with Crippen molar-refractivity contribution in [2.45, 2.75) is 13.5 Å². The number of hydrogen-bond acceptors (Lipinski definition) is 1. The van der Waals surface area contributed by atoms with Crippen LogP contribution >= 0.6 is 11.6 Å². The Morgan fingerprint density at radius 3 is 2.57 bits per heavy atom. The van der Waals surface area contributed by atoms with Gasteiger partial charge in [0, 0.05) is 6.54 Å². The van der Waals surface area contributed by atoms with Crippen LogP contribution in [0.25, 0.3) is 0 Å². The molecule has 1 aromatic heterocycles. The van der Waals surface area contributed by atoms with Gasteiger partial charge in [-0.2, -0.15) is 5.10 Å². The summed E-state index contributed by atoms with van der Waals surface area (Å²) in [6.07, 6.45) is 1.31. The Balaban J connectivity index is 2.80. The molecule has 0 N–H and O–H groups in total. The molecule has 0 aromatic carbocycles. The molecule has 0 aliphatic carbocycles. The summed E-state index contributed by atoms with van der Waals surface area (Å²) in [5.74, 6) is 0. The summed E-state index contributed by atoms with van der Waals surface area (Å²) >= 11 is 5.64. The zero-order chi connectivity index (χ0) is 10.9. The summed E-state index contributed by atoms with van der Waals surface area (Å²) in [5.41, 5.74) is -0.277. The van der Waals surface area contributed by atoms with Crippen molar-refractivity contribution in [1.82, 2.24) is 9.78 Å². The van der Waals surface area contributed by atoms with Crippen LogP contribution in [0.1, 0.15) is 5.69 Å². The van der Waals surface area contributed by atoms with Crippen LogP contribution in [0.5, 0.6) is 0 Å². The largest absolute Gasteiger partial charge is 0.506 e. The zero-order valence-corrected chi connectivity index (χ0v) is 8.23. The third kappa shape index (κ3) is 2.32. The Bertz CT molecular complexity index is 358. The molecule has 0 amide bonds. The van der Waals surface area contributed by atoms with Crippen molar-refractivity contribution in [2.24, 2.45) is 0 Å². The van der Waals surface area contributed by atoms with Crippen LogP contribution in [0.3, 0.4) is 0 Å². The minimum Gasteiger partial charge on any atom is -0.445 e. The van der Waals surface area contributed by atoms with Gasteiger partial charge in [-0.05, 0) is 6.92 Å². The molecule has 78 valence electrons. The van der Waals surface area contributed by atoms with Gasteiger partial charge in [0.15, 0.2) is 0 Å². The maximum Gasteiger partial charge on any atom is 0.506 e. The second-order valence-electron chi connectivity index (χ2n) is 2.97. The van der Waals surface area contributed by atoms with Crippen molar-refractivity contribution in [2.75, 3.05) is 0 Å². The van der Waals surface area contributed by atoms with Crippen LogP contribution in [0, 0.1) is 6.92 Å². The third-order valence-corrected chi connectivity index (χ3v) is 2.23. The van der Waals surface area contributed by atoms with Gasteiger partial charge in [0.05, 0.1) is 16.9 Å². The van der Waals surface area contributed by atoms with Crippen molar-refractivity contribution >= 4 is 18.6 Å². The zero-order valence-electron chi connectivity index (χ0n) is 7.48. The average Bonchev–Trinajstić information content (AvgIpc) is 2.34. The molecule has 0 saturated carbocycles. The van der Waals surface area contributed by atoms with Crippen molar-refractivity contribution < 1.29 is 12.9 Å². The van der Waals surface area contributed by atoms with E-state index in [0.29, 0.717) is 10.7 Å². The minimum absolute atomic E-state index is 0.354. The van der Waals surface area contributed by atoms with Gasteiger partial charge in [-0.25, -0.2) is 0 Å². The molecule has 0 saturated heterocycles. The molecule has 0 spiro atoms. The molecule has 1 heterocycles. The first-order chi connectivity index (χ1) is 6.32. The van der Waals surface area contributed by atoms with Gasteiger partial charge < -0.3 is 12.9 Å². The van der Waals surface area contributed by atoms with Gasteiger partial charge in [-0.1, -0.05) is 11.6 Å². The number of nitrogens with zero attached hydrogens (tertiary/aromatic N) is 2. The van der Waals surface area contributed by atoms with E-state index >= 15 is 0 Å². The Morgan fingerprint density at radius 2 is 2.21 bits per heavy atom. The number of rotatable bonds is 3. The lowest BCUT2D eigenvalue weighted by Crippen LogP contribution is -2.23. The fraction of sp³-hybridized carbons (Fsp3) is 0.286. The number of halogens is 4. The molecule has 0 unspecified atom stereocenters. The second kappa shape index (κ2) is 3.69. The van der Waals surface area contributed by atoms with Crippen LogP contribution in [-0.4, -0.2) is 16.8 Å². The summed E-state index contributed by atoms with van der Waals surface area (Å²) in [6.45, 7) is -0.787. The Kier molecular flexibility index (Phi) is 2.94. The maximum absolute atomic E-state index is 12.2.